The van der Waals surface area contributed by atoms with Crippen molar-refractivity contribution in [2.75, 3.05) is 19.8 Å². The van der Waals surface area contributed by atoms with E-state index in [-0.39, 0.29) is 11.7 Å². The van der Waals surface area contributed by atoms with Gasteiger partial charge in [0, 0.05) is 24.5 Å². The first-order valence-corrected chi connectivity index (χ1v) is 10.9. The van der Waals surface area contributed by atoms with Crippen molar-refractivity contribution in [3.8, 4) is 11.5 Å². The largest absolute Gasteiger partial charge is 0.490 e. The maximum atomic E-state index is 13.2. The molecule has 31 heavy (non-hydrogen) atoms. The molecular weight excluding hydrogens is 394 g/mol. The Balaban J connectivity index is 1.86. The van der Waals surface area contributed by atoms with Crippen LogP contribution in [0.3, 0.4) is 0 Å². The van der Waals surface area contributed by atoms with Crippen molar-refractivity contribution in [3.05, 3.63) is 47.0 Å². The highest BCUT2D eigenvalue weighted by molar-refractivity contribution is 5.90. The average molecular weight is 426 g/mol. The molecule has 0 N–H and O–H groups in total. The molecule has 0 fully saturated rings. The fraction of sp³-hybridized carbons (Fsp3) is 0.478. The lowest BCUT2D eigenvalue weighted by molar-refractivity contribution is 0.0731. The molecule has 0 aliphatic rings. The zero-order valence-electron chi connectivity index (χ0n) is 19.0. The number of ether oxygens (including phenoxy) is 2. The van der Waals surface area contributed by atoms with Crippen LogP contribution in [-0.2, 0) is 6.54 Å². The van der Waals surface area contributed by atoms with E-state index >= 15 is 0 Å². The third-order valence-electron chi connectivity index (χ3n) is 4.73. The number of benzene rings is 1. The molecule has 166 valence electrons. The van der Waals surface area contributed by atoms with Crippen molar-refractivity contribution in [1.82, 2.24) is 24.5 Å². The summed E-state index contributed by atoms with van der Waals surface area (Å²) in [7, 11) is 0. The van der Waals surface area contributed by atoms with Gasteiger partial charge in [-0.25, -0.2) is 9.50 Å². The molecule has 1 amide bonds. The molecule has 3 aromatic rings. The maximum absolute atomic E-state index is 13.2. The number of nitrogens with zero attached hydrogens (tertiary/aromatic N) is 5. The van der Waals surface area contributed by atoms with Crippen LogP contribution >= 0.6 is 0 Å². The molecule has 0 spiro atoms. The molecule has 0 saturated heterocycles. The van der Waals surface area contributed by atoms with E-state index in [0.717, 1.165) is 35.5 Å². The third-order valence-corrected chi connectivity index (χ3v) is 4.73. The molecule has 2 heterocycles. The number of hydrogen-bond acceptors (Lipinski definition) is 6. The first-order valence-electron chi connectivity index (χ1n) is 10.9. The van der Waals surface area contributed by atoms with Gasteiger partial charge in [0.1, 0.15) is 0 Å². The summed E-state index contributed by atoms with van der Waals surface area (Å²) < 4.78 is 13.2. The first kappa shape index (κ1) is 22.5. The van der Waals surface area contributed by atoms with Crippen LogP contribution in [0.2, 0.25) is 0 Å². The summed E-state index contributed by atoms with van der Waals surface area (Å²) in [6, 6.07) is 7.73. The van der Waals surface area contributed by atoms with Gasteiger partial charge < -0.3 is 14.4 Å². The molecule has 8 heteroatoms. The van der Waals surface area contributed by atoms with Gasteiger partial charge in [0.15, 0.2) is 11.5 Å². The van der Waals surface area contributed by atoms with Gasteiger partial charge in [0.25, 0.3) is 11.7 Å². The van der Waals surface area contributed by atoms with Gasteiger partial charge in [-0.1, -0.05) is 19.9 Å². The predicted octanol–water partition coefficient (Wildman–Crippen LogP) is 3.98. The number of carbonyl (C=O) groups is 1. The summed E-state index contributed by atoms with van der Waals surface area (Å²) in [5.74, 6) is 1.79. The minimum atomic E-state index is -0.214. The Kier molecular flexibility index (Phi) is 7.44. The highest BCUT2D eigenvalue weighted by Gasteiger charge is 2.22. The van der Waals surface area contributed by atoms with E-state index in [1.807, 2.05) is 52.0 Å². The molecule has 8 nitrogen and oxygen atoms in total. The predicted molar refractivity (Wildman–Crippen MR) is 119 cm³/mol. The van der Waals surface area contributed by atoms with E-state index in [0.29, 0.717) is 37.8 Å². The van der Waals surface area contributed by atoms with Crippen molar-refractivity contribution >= 4 is 11.7 Å². The lowest BCUT2D eigenvalue weighted by atomic mass is 10.1. The third kappa shape index (κ3) is 5.31. The van der Waals surface area contributed by atoms with Crippen LogP contribution in [0, 0.1) is 13.8 Å². The van der Waals surface area contributed by atoms with E-state index in [2.05, 4.69) is 22.0 Å². The zero-order valence-corrected chi connectivity index (χ0v) is 19.0. The molecular formula is C23H31N5O3. The second-order valence-electron chi connectivity index (χ2n) is 7.48. The molecule has 3 rings (SSSR count). The van der Waals surface area contributed by atoms with Gasteiger partial charge in [0.05, 0.1) is 13.2 Å². The lowest BCUT2D eigenvalue weighted by Gasteiger charge is -2.21. The second-order valence-corrected chi connectivity index (χ2v) is 7.48. The topological polar surface area (TPSA) is 81.9 Å². The minimum Gasteiger partial charge on any atom is -0.490 e. The summed E-state index contributed by atoms with van der Waals surface area (Å²) >= 11 is 0. The van der Waals surface area contributed by atoms with Crippen molar-refractivity contribution in [1.29, 1.82) is 0 Å². The van der Waals surface area contributed by atoms with Crippen LogP contribution in [-0.4, -0.2) is 50.1 Å². The Labute approximate surface area is 183 Å². The molecule has 0 aliphatic carbocycles. The quantitative estimate of drug-likeness (QED) is 0.489. The fourth-order valence-corrected chi connectivity index (χ4v) is 3.39. The Bertz CT molecular complexity index is 1050. The number of carbonyl (C=O) groups excluding carboxylic acids is 1. The Morgan fingerprint density at radius 3 is 2.55 bits per heavy atom. The Morgan fingerprint density at radius 2 is 1.84 bits per heavy atom. The van der Waals surface area contributed by atoms with Crippen LogP contribution in [0.5, 0.6) is 11.5 Å². The summed E-state index contributed by atoms with van der Waals surface area (Å²) in [4.78, 5) is 23.7. The molecule has 0 bridgehead atoms. The van der Waals surface area contributed by atoms with E-state index in [9.17, 15) is 4.79 Å². The number of fused-ring (bicyclic) bond motifs is 1. The number of rotatable bonds is 10. The fourth-order valence-electron chi connectivity index (χ4n) is 3.39. The van der Waals surface area contributed by atoms with Gasteiger partial charge in [-0.15, -0.1) is 5.10 Å². The monoisotopic (exact) mass is 425 g/mol. The van der Waals surface area contributed by atoms with Gasteiger partial charge >= 0.3 is 0 Å². The highest BCUT2D eigenvalue weighted by atomic mass is 16.5. The van der Waals surface area contributed by atoms with Gasteiger partial charge in [0.2, 0.25) is 5.82 Å². The Morgan fingerprint density at radius 1 is 1.03 bits per heavy atom. The number of hydrogen-bond donors (Lipinski definition) is 0. The second kappa shape index (κ2) is 10.2. The summed E-state index contributed by atoms with van der Waals surface area (Å²) in [6.07, 6.45) is 1.75. The smallest absolute Gasteiger partial charge is 0.293 e. The molecule has 0 radical (unpaired) electrons. The highest BCUT2D eigenvalue weighted by Crippen LogP contribution is 2.29. The molecule has 0 aliphatic heterocycles. The maximum Gasteiger partial charge on any atom is 0.293 e. The summed E-state index contributed by atoms with van der Waals surface area (Å²) in [5, 5.41) is 4.40. The lowest BCUT2D eigenvalue weighted by Crippen LogP contribution is -2.32. The summed E-state index contributed by atoms with van der Waals surface area (Å²) in [6.45, 7) is 12.1. The van der Waals surface area contributed by atoms with E-state index < -0.39 is 0 Å². The van der Waals surface area contributed by atoms with Crippen LogP contribution in [0.15, 0.2) is 24.3 Å². The van der Waals surface area contributed by atoms with Crippen LogP contribution in [0.25, 0.3) is 5.78 Å². The van der Waals surface area contributed by atoms with Crippen molar-refractivity contribution in [2.24, 2.45) is 0 Å². The summed E-state index contributed by atoms with van der Waals surface area (Å²) in [5.41, 5.74) is 2.69. The molecule has 0 unspecified atom stereocenters. The zero-order chi connectivity index (χ0) is 22.4. The van der Waals surface area contributed by atoms with Crippen molar-refractivity contribution < 1.29 is 14.3 Å². The van der Waals surface area contributed by atoms with Crippen molar-refractivity contribution in [2.45, 2.75) is 54.0 Å². The normalized spacial score (nSPS) is 11.0. The number of aromatic nitrogens is 4. The average Bonchev–Trinajstić information content (AvgIpc) is 3.17. The van der Waals surface area contributed by atoms with Gasteiger partial charge in [-0.2, -0.15) is 4.98 Å². The van der Waals surface area contributed by atoms with E-state index in [1.54, 1.807) is 9.42 Å². The van der Waals surface area contributed by atoms with Gasteiger partial charge in [-0.3, -0.25) is 4.79 Å². The van der Waals surface area contributed by atoms with Crippen molar-refractivity contribution in [3.63, 3.8) is 0 Å². The van der Waals surface area contributed by atoms with E-state index in [4.69, 9.17) is 9.47 Å². The van der Waals surface area contributed by atoms with E-state index in [1.165, 1.54) is 0 Å². The SMILES string of the molecule is CCCOc1ccc(CN(CCC)C(=O)c2nc3nc(C)cc(C)n3n2)cc1OCC. The van der Waals surface area contributed by atoms with Gasteiger partial charge in [-0.05, 0) is 57.4 Å². The molecule has 1 aromatic carbocycles. The van der Waals surface area contributed by atoms with Crippen LogP contribution in [0.4, 0.5) is 0 Å². The number of amides is 1. The number of aryl methyl sites for hydroxylation is 2. The molecule has 2 aromatic heterocycles. The molecule has 0 atom stereocenters. The molecule has 0 saturated carbocycles. The Hall–Kier alpha value is -3.16. The van der Waals surface area contributed by atoms with Crippen LogP contribution in [0.1, 0.15) is 61.2 Å². The minimum absolute atomic E-state index is 0.155. The standard InChI is InChI=1S/C23H31N5O3/c1-6-11-27(15-18-9-10-19(31-12-7-2)20(14-18)30-8-3)22(29)21-25-23-24-16(4)13-17(5)28(23)26-21/h9-10,13-14H,6-8,11-12,15H2,1-5H3. The van der Waals surface area contributed by atoms with Crippen LogP contribution < -0.4 is 9.47 Å². The first-order chi connectivity index (χ1) is 15.0.